The number of hydrogen-bond donors (Lipinski definition) is 0. The van der Waals surface area contributed by atoms with E-state index in [4.69, 9.17) is 0 Å². The molecule has 0 spiro atoms. The monoisotopic (exact) mass is 319 g/mol. The van der Waals surface area contributed by atoms with Crippen molar-refractivity contribution in [2.24, 2.45) is 0 Å². The second-order valence-electron chi connectivity index (χ2n) is 6.56. The maximum absolute atomic E-state index is 12.3. The molecule has 2 aromatic carbocycles. The lowest BCUT2D eigenvalue weighted by molar-refractivity contribution is 0.0978. The fraction of sp³-hybridized carbons (Fsp3) is 0.333. The van der Waals surface area contributed by atoms with Gasteiger partial charge in [0.1, 0.15) is 0 Å². The Morgan fingerprint density at radius 1 is 1.08 bits per heavy atom. The third-order valence-corrected chi connectivity index (χ3v) is 5.16. The number of fused-ring (bicyclic) bond motifs is 5. The molecule has 0 saturated heterocycles. The summed E-state index contributed by atoms with van der Waals surface area (Å²) in [7, 11) is 0. The summed E-state index contributed by atoms with van der Waals surface area (Å²) in [6.45, 7) is 5.03. The minimum atomic E-state index is 0.195. The second-order valence-corrected chi connectivity index (χ2v) is 6.56. The van der Waals surface area contributed by atoms with Gasteiger partial charge in [0.2, 0.25) is 0 Å². The first-order valence-electron chi connectivity index (χ1n) is 8.80. The average Bonchev–Trinajstić information content (AvgIpc) is 3.12. The normalized spacial score (nSPS) is 13.8. The van der Waals surface area contributed by atoms with Gasteiger partial charge < -0.3 is 4.57 Å². The summed E-state index contributed by atoms with van der Waals surface area (Å²) in [5.74, 6) is 0.433. The number of hydrogen-bond acceptors (Lipinski definition) is 2. The van der Waals surface area contributed by atoms with Gasteiger partial charge in [0.25, 0.3) is 0 Å². The van der Waals surface area contributed by atoms with Crippen LogP contribution in [0.5, 0.6) is 0 Å². The Bertz CT molecular complexity index is 994. The number of Topliss-reactive ketones (excluding diaryl/α,β-unsaturated/α-hetero) is 2. The molecule has 122 valence electrons. The SMILES string of the molecule is CCCC(=O)c1ccc2c(c1)c1c3c(ccc1n2CC)C(=O)CC3. The maximum Gasteiger partial charge on any atom is 0.163 e. The number of aromatic nitrogens is 1. The van der Waals surface area contributed by atoms with Crippen molar-refractivity contribution in [3.8, 4) is 0 Å². The third kappa shape index (κ3) is 2.04. The van der Waals surface area contributed by atoms with E-state index in [0.29, 0.717) is 12.8 Å². The van der Waals surface area contributed by atoms with Gasteiger partial charge in [-0.15, -0.1) is 0 Å². The van der Waals surface area contributed by atoms with Crippen LogP contribution in [0.15, 0.2) is 30.3 Å². The minimum Gasteiger partial charge on any atom is -0.341 e. The lowest BCUT2D eigenvalue weighted by atomic mass is 10.00. The fourth-order valence-corrected chi connectivity index (χ4v) is 4.04. The summed E-state index contributed by atoms with van der Waals surface area (Å²) >= 11 is 0. The van der Waals surface area contributed by atoms with E-state index in [1.165, 1.54) is 10.9 Å². The summed E-state index contributed by atoms with van der Waals surface area (Å²) in [6, 6.07) is 10.1. The van der Waals surface area contributed by atoms with Crippen molar-refractivity contribution in [3.63, 3.8) is 0 Å². The molecule has 3 aromatic rings. The largest absolute Gasteiger partial charge is 0.341 e. The first-order valence-corrected chi connectivity index (χ1v) is 8.80. The molecular formula is C21H21NO2. The van der Waals surface area contributed by atoms with Crippen LogP contribution in [0.25, 0.3) is 21.8 Å². The van der Waals surface area contributed by atoms with Gasteiger partial charge in [-0.1, -0.05) is 6.92 Å². The van der Waals surface area contributed by atoms with Crippen molar-refractivity contribution in [3.05, 3.63) is 47.0 Å². The number of rotatable bonds is 4. The van der Waals surface area contributed by atoms with Gasteiger partial charge in [-0.2, -0.15) is 0 Å². The maximum atomic E-state index is 12.3. The summed E-state index contributed by atoms with van der Waals surface area (Å²) < 4.78 is 2.28. The van der Waals surface area contributed by atoms with E-state index in [1.54, 1.807) is 0 Å². The highest BCUT2D eigenvalue weighted by Crippen LogP contribution is 2.37. The van der Waals surface area contributed by atoms with Crippen LogP contribution >= 0.6 is 0 Å². The van der Waals surface area contributed by atoms with Crippen molar-refractivity contribution < 1.29 is 9.59 Å². The first kappa shape index (κ1) is 15.1. The Labute approximate surface area is 141 Å². The number of ketones is 2. The third-order valence-electron chi connectivity index (χ3n) is 5.16. The van der Waals surface area contributed by atoms with Crippen LogP contribution in [0.3, 0.4) is 0 Å². The van der Waals surface area contributed by atoms with Gasteiger partial charge >= 0.3 is 0 Å². The smallest absolute Gasteiger partial charge is 0.163 e. The van der Waals surface area contributed by atoms with Gasteiger partial charge in [-0.3, -0.25) is 9.59 Å². The molecule has 0 bridgehead atoms. The molecule has 0 saturated carbocycles. The Morgan fingerprint density at radius 3 is 2.62 bits per heavy atom. The summed E-state index contributed by atoms with van der Waals surface area (Å²) in [4.78, 5) is 24.4. The zero-order chi connectivity index (χ0) is 16.8. The van der Waals surface area contributed by atoms with E-state index in [2.05, 4.69) is 23.6 Å². The van der Waals surface area contributed by atoms with E-state index < -0.39 is 0 Å². The Kier molecular flexibility index (Phi) is 3.52. The quantitative estimate of drug-likeness (QED) is 0.640. The molecule has 1 aliphatic rings. The number of benzene rings is 2. The molecular weight excluding hydrogens is 298 g/mol. The summed E-state index contributed by atoms with van der Waals surface area (Å²) in [6.07, 6.45) is 2.84. The molecule has 1 aromatic heterocycles. The molecule has 1 heterocycles. The Balaban J connectivity index is 2.07. The highest BCUT2D eigenvalue weighted by molar-refractivity contribution is 6.16. The standard InChI is InChI=1S/C21H21NO2/c1-3-5-19(23)13-6-9-17-16(12-13)21-15-8-11-20(24)14(15)7-10-18(21)22(17)4-2/h6-7,9-10,12H,3-5,8,11H2,1-2H3. The van der Waals surface area contributed by atoms with Crippen molar-refractivity contribution >= 4 is 33.4 Å². The zero-order valence-electron chi connectivity index (χ0n) is 14.2. The van der Waals surface area contributed by atoms with Gasteiger partial charge in [0.05, 0.1) is 0 Å². The van der Waals surface area contributed by atoms with Crippen LogP contribution in [-0.4, -0.2) is 16.1 Å². The first-order chi connectivity index (χ1) is 11.7. The topological polar surface area (TPSA) is 39.1 Å². The summed E-state index contributed by atoms with van der Waals surface area (Å²) in [5.41, 5.74) is 5.12. The van der Waals surface area contributed by atoms with E-state index in [0.717, 1.165) is 47.0 Å². The molecule has 0 atom stereocenters. The molecule has 0 aliphatic heterocycles. The van der Waals surface area contributed by atoms with Crippen LogP contribution in [0.4, 0.5) is 0 Å². The minimum absolute atomic E-state index is 0.195. The van der Waals surface area contributed by atoms with Crippen LogP contribution in [0, 0.1) is 0 Å². The van der Waals surface area contributed by atoms with Crippen molar-refractivity contribution in [2.45, 2.75) is 46.1 Å². The van der Waals surface area contributed by atoms with E-state index in [1.807, 2.05) is 25.1 Å². The predicted molar refractivity (Wildman–Crippen MR) is 97.0 cm³/mol. The van der Waals surface area contributed by atoms with Crippen molar-refractivity contribution in [1.82, 2.24) is 4.57 Å². The van der Waals surface area contributed by atoms with Crippen LogP contribution < -0.4 is 0 Å². The molecule has 4 rings (SSSR count). The molecule has 24 heavy (non-hydrogen) atoms. The molecule has 0 N–H and O–H groups in total. The van der Waals surface area contributed by atoms with Gasteiger partial charge in [0, 0.05) is 52.3 Å². The van der Waals surface area contributed by atoms with E-state index in [-0.39, 0.29) is 11.6 Å². The second kappa shape index (κ2) is 5.59. The molecule has 3 heteroatoms. The number of aryl methyl sites for hydroxylation is 2. The van der Waals surface area contributed by atoms with Crippen LogP contribution in [0.2, 0.25) is 0 Å². The lowest BCUT2D eigenvalue weighted by Gasteiger charge is -2.04. The van der Waals surface area contributed by atoms with Gasteiger partial charge in [-0.05, 0) is 55.7 Å². The predicted octanol–water partition coefficient (Wildman–Crippen LogP) is 4.93. The lowest BCUT2D eigenvalue weighted by Crippen LogP contribution is -1.98. The van der Waals surface area contributed by atoms with E-state index >= 15 is 0 Å². The van der Waals surface area contributed by atoms with Crippen LogP contribution in [0.1, 0.15) is 59.4 Å². The molecule has 0 radical (unpaired) electrons. The molecule has 3 nitrogen and oxygen atoms in total. The van der Waals surface area contributed by atoms with Crippen molar-refractivity contribution in [1.29, 1.82) is 0 Å². The van der Waals surface area contributed by atoms with Gasteiger partial charge in [0.15, 0.2) is 11.6 Å². The summed E-state index contributed by atoms with van der Waals surface area (Å²) in [5, 5.41) is 2.28. The zero-order valence-corrected chi connectivity index (χ0v) is 14.2. The number of carbonyl (C=O) groups excluding carboxylic acids is 2. The number of carbonyl (C=O) groups is 2. The van der Waals surface area contributed by atoms with E-state index in [9.17, 15) is 9.59 Å². The van der Waals surface area contributed by atoms with Crippen LogP contribution in [-0.2, 0) is 13.0 Å². The molecule has 0 amide bonds. The van der Waals surface area contributed by atoms with Gasteiger partial charge in [-0.25, -0.2) is 0 Å². The average molecular weight is 319 g/mol. The van der Waals surface area contributed by atoms with Crippen molar-refractivity contribution in [2.75, 3.05) is 0 Å². The highest BCUT2D eigenvalue weighted by Gasteiger charge is 2.24. The Hall–Kier alpha value is -2.42. The molecule has 0 fully saturated rings. The Morgan fingerprint density at radius 2 is 1.88 bits per heavy atom. The highest BCUT2D eigenvalue weighted by atomic mass is 16.1. The molecule has 1 aliphatic carbocycles. The number of nitrogens with zero attached hydrogens (tertiary/aromatic N) is 1. The molecule has 0 unspecified atom stereocenters. The fourth-order valence-electron chi connectivity index (χ4n) is 4.04.